The average Bonchev–Trinajstić information content (AvgIpc) is 3.16. The van der Waals surface area contributed by atoms with Gasteiger partial charge in [-0.05, 0) is 31.2 Å². The van der Waals surface area contributed by atoms with Gasteiger partial charge in [0.05, 0.1) is 19.4 Å². The minimum absolute atomic E-state index is 0.0426. The number of piperazine rings is 1. The Bertz CT molecular complexity index is 720. The third-order valence-corrected chi connectivity index (χ3v) is 4.37. The van der Waals surface area contributed by atoms with Gasteiger partial charge in [0, 0.05) is 31.9 Å². The summed E-state index contributed by atoms with van der Waals surface area (Å²) < 4.78 is 5.19. The van der Waals surface area contributed by atoms with Crippen LogP contribution in [0.4, 0.5) is 10.5 Å². The number of rotatable bonds is 5. The molecule has 0 saturated carbocycles. The number of hydrogen-bond acceptors (Lipinski definition) is 4. The van der Waals surface area contributed by atoms with Gasteiger partial charge in [0.15, 0.2) is 0 Å². The zero-order valence-electron chi connectivity index (χ0n) is 14.9. The van der Waals surface area contributed by atoms with E-state index in [-0.39, 0.29) is 11.9 Å². The van der Waals surface area contributed by atoms with Crippen LogP contribution < -0.4 is 10.6 Å². The van der Waals surface area contributed by atoms with E-state index in [0.717, 1.165) is 17.0 Å². The number of carbonyl (C=O) groups excluding carboxylic acids is 2. The Labute approximate surface area is 153 Å². The van der Waals surface area contributed by atoms with Gasteiger partial charge in [-0.1, -0.05) is 17.7 Å². The number of nitrogens with one attached hydrogen (secondary N) is 2. The van der Waals surface area contributed by atoms with Crippen molar-refractivity contribution < 1.29 is 14.0 Å². The maximum atomic E-state index is 12.3. The molecule has 7 heteroatoms. The molecule has 1 aliphatic heterocycles. The Balaban J connectivity index is 1.38. The van der Waals surface area contributed by atoms with Gasteiger partial charge >= 0.3 is 6.03 Å². The predicted molar refractivity (Wildman–Crippen MR) is 98.8 cm³/mol. The van der Waals surface area contributed by atoms with Crippen molar-refractivity contribution in [3.05, 3.63) is 54.0 Å². The van der Waals surface area contributed by atoms with Gasteiger partial charge in [0.2, 0.25) is 5.91 Å². The van der Waals surface area contributed by atoms with Crippen molar-refractivity contribution in [3.63, 3.8) is 0 Å². The fourth-order valence-corrected chi connectivity index (χ4v) is 2.81. The fourth-order valence-electron chi connectivity index (χ4n) is 2.81. The summed E-state index contributed by atoms with van der Waals surface area (Å²) in [6, 6.07) is 11.2. The molecule has 2 heterocycles. The molecular weight excluding hydrogens is 332 g/mol. The lowest BCUT2D eigenvalue weighted by Gasteiger charge is -2.34. The standard InChI is InChI=1S/C19H24N4O3/c1-15-4-6-16(7-5-15)21-19(25)23-10-8-22(9-11-23)14-18(24)20-13-17-3-2-12-26-17/h2-7,12H,8-11,13-14H2,1H3,(H,20,24)(H,21,25). The second kappa shape index (κ2) is 8.53. The van der Waals surface area contributed by atoms with Crippen molar-refractivity contribution in [2.45, 2.75) is 13.5 Å². The van der Waals surface area contributed by atoms with Crippen LogP contribution in [0, 0.1) is 6.92 Å². The zero-order chi connectivity index (χ0) is 18.4. The van der Waals surface area contributed by atoms with E-state index in [0.29, 0.717) is 39.3 Å². The van der Waals surface area contributed by atoms with Gasteiger partial charge < -0.3 is 20.0 Å². The highest BCUT2D eigenvalue weighted by Crippen LogP contribution is 2.11. The first-order chi connectivity index (χ1) is 12.6. The minimum atomic E-state index is -0.101. The number of furan rings is 1. The number of urea groups is 1. The van der Waals surface area contributed by atoms with Gasteiger partial charge in [-0.15, -0.1) is 0 Å². The summed E-state index contributed by atoms with van der Waals surface area (Å²) in [5, 5.41) is 5.75. The van der Waals surface area contributed by atoms with E-state index in [1.54, 1.807) is 17.2 Å². The number of anilines is 1. The van der Waals surface area contributed by atoms with Crippen LogP contribution >= 0.6 is 0 Å². The van der Waals surface area contributed by atoms with Crippen LogP contribution in [0.2, 0.25) is 0 Å². The molecular formula is C19H24N4O3. The van der Waals surface area contributed by atoms with Crippen molar-refractivity contribution in [2.75, 3.05) is 38.0 Å². The number of nitrogens with zero attached hydrogens (tertiary/aromatic N) is 2. The van der Waals surface area contributed by atoms with E-state index in [4.69, 9.17) is 4.42 Å². The molecule has 0 unspecified atom stereocenters. The average molecular weight is 356 g/mol. The van der Waals surface area contributed by atoms with Crippen LogP contribution in [0.15, 0.2) is 47.1 Å². The lowest BCUT2D eigenvalue weighted by molar-refractivity contribution is -0.122. The summed E-state index contributed by atoms with van der Waals surface area (Å²) in [5.74, 6) is 0.690. The first-order valence-electron chi connectivity index (χ1n) is 8.74. The largest absolute Gasteiger partial charge is 0.467 e. The van der Waals surface area contributed by atoms with Gasteiger partial charge in [0.25, 0.3) is 0 Å². The summed E-state index contributed by atoms with van der Waals surface area (Å²) in [7, 11) is 0. The smallest absolute Gasteiger partial charge is 0.321 e. The van der Waals surface area contributed by atoms with E-state index in [9.17, 15) is 9.59 Å². The molecule has 1 aromatic heterocycles. The van der Waals surface area contributed by atoms with Crippen molar-refractivity contribution in [1.82, 2.24) is 15.1 Å². The first kappa shape index (κ1) is 18.0. The van der Waals surface area contributed by atoms with E-state index in [1.807, 2.05) is 42.2 Å². The van der Waals surface area contributed by atoms with Crippen LogP contribution in [0.5, 0.6) is 0 Å². The van der Waals surface area contributed by atoms with Gasteiger partial charge in [-0.25, -0.2) is 4.79 Å². The molecule has 1 fully saturated rings. The lowest BCUT2D eigenvalue weighted by atomic mass is 10.2. The van der Waals surface area contributed by atoms with Crippen LogP contribution in [-0.4, -0.2) is 54.5 Å². The predicted octanol–water partition coefficient (Wildman–Crippen LogP) is 2.05. The highest BCUT2D eigenvalue weighted by molar-refractivity contribution is 5.89. The van der Waals surface area contributed by atoms with Crippen LogP contribution in [-0.2, 0) is 11.3 Å². The topological polar surface area (TPSA) is 77.8 Å². The number of aryl methyl sites for hydroxylation is 1. The van der Waals surface area contributed by atoms with E-state index < -0.39 is 0 Å². The summed E-state index contributed by atoms with van der Waals surface area (Å²) >= 11 is 0. The summed E-state index contributed by atoms with van der Waals surface area (Å²) in [6.45, 7) is 5.28. The highest BCUT2D eigenvalue weighted by atomic mass is 16.3. The molecule has 138 valence electrons. The first-order valence-corrected chi connectivity index (χ1v) is 8.74. The normalized spacial score (nSPS) is 14.9. The van der Waals surface area contributed by atoms with E-state index >= 15 is 0 Å². The van der Waals surface area contributed by atoms with E-state index in [1.165, 1.54) is 0 Å². The monoisotopic (exact) mass is 356 g/mol. The molecule has 1 aliphatic rings. The molecule has 0 spiro atoms. The Morgan fingerprint density at radius 3 is 2.46 bits per heavy atom. The van der Waals surface area contributed by atoms with Crippen LogP contribution in [0.3, 0.4) is 0 Å². The minimum Gasteiger partial charge on any atom is -0.467 e. The molecule has 0 radical (unpaired) electrons. The maximum absolute atomic E-state index is 12.3. The SMILES string of the molecule is Cc1ccc(NC(=O)N2CCN(CC(=O)NCc3ccco3)CC2)cc1. The number of hydrogen-bond donors (Lipinski definition) is 2. The molecule has 2 N–H and O–H groups in total. The third-order valence-electron chi connectivity index (χ3n) is 4.37. The summed E-state index contributed by atoms with van der Waals surface area (Å²) in [6.07, 6.45) is 1.59. The van der Waals surface area contributed by atoms with E-state index in [2.05, 4.69) is 10.6 Å². The fraction of sp³-hybridized carbons (Fsp3) is 0.368. The molecule has 1 aromatic carbocycles. The quantitative estimate of drug-likeness (QED) is 0.860. The molecule has 0 aliphatic carbocycles. The van der Waals surface area contributed by atoms with Gasteiger partial charge in [-0.2, -0.15) is 0 Å². The summed E-state index contributed by atoms with van der Waals surface area (Å²) in [4.78, 5) is 28.1. The van der Waals surface area contributed by atoms with Gasteiger partial charge in [-0.3, -0.25) is 9.69 Å². The molecule has 3 amide bonds. The van der Waals surface area contributed by atoms with Crippen molar-refractivity contribution in [3.8, 4) is 0 Å². The Kier molecular flexibility index (Phi) is 5.91. The van der Waals surface area contributed by atoms with Gasteiger partial charge in [0.1, 0.15) is 5.76 Å². The van der Waals surface area contributed by atoms with Crippen LogP contribution in [0.1, 0.15) is 11.3 Å². The number of carbonyl (C=O) groups is 2. The second-order valence-electron chi connectivity index (χ2n) is 6.42. The maximum Gasteiger partial charge on any atom is 0.321 e. The Morgan fingerprint density at radius 1 is 1.08 bits per heavy atom. The van der Waals surface area contributed by atoms with Crippen molar-refractivity contribution in [1.29, 1.82) is 0 Å². The molecule has 0 atom stereocenters. The molecule has 0 bridgehead atoms. The summed E-state index contributed by atoms with van der Waals surface area (Å²) in [5.41, 5.74) is 1.95. The Hall–Kier alpha value is -2.80. The molecule has 7 nitrogen and oxygen atoms in total. The van der Waals surface area contributed by atoms with Crippen molar-refractivity contribution >= 4 is 17.6 Å². The Morgan fingerprint density at radius 2 is 1.81 bits per heavy atom. The second-order valence-corrected chi connectivity index (χ2v) is 6.42. The number of amides is 3. The van der Waals surface area contributed by atoms with Crippen molar-refractivity contribution in [2.24, 2.45) is 0 Å². The third kappa shape index (κ3) is 5.10. The highest BCUT2D eigenvalue weighted by Gasteiger charge is 2.22. The molecule has 26 heavy (non-hydrogen) atoms. The molecule has 3 rings (SSSR count). The molecule has 2 aromatic rings. The van der Waals surface area contributed by atoms with Crippen LogP contribution in [0.25, 0.3) is 0 Å². The zero-order valence-corrected chi connectivity index (χ0v) is 14.9. The lowest BCUT2D eigenvalue weighted by Crippen LogP contribution is -2.52. The number of benzene rings is 1. The molecule has 1 saturated heterocycles.